The van der Waals surface area contributed by atoms with E-state index in [0.717, 1.165) is 35.1 Å². The molecule has 0 amide bonds. The van der Waals surface area contributed by atoms with Crippen LogP contribution in [-0.2, 0) is 7.05 Å². The lowest BCUT2D eigenvalue weighted by atomic mass is 10.0. The summed E-state index contributed by atoms with van der Waals surface area (Å²) < 4.78 is 1.74. The molecule has 1 aromatic carbocycles. The number of piperazine rings is 1. The van der Waals surface area contributed by atoms with Crippen molar-refractivity contribution >= 4 is 27.6 Å². The number of fused-ring (bicyclic) bond motifs is 2. The van der Waals surface area contributed by atoms with Gasteiger partial charge in [0.1, 0.15) is 5.75 Å². The second-order valence-corrected chi connectivity index (χ2v) is 8.44. The molecule has 5 rings (SSSR count). The normalized spacial score (nSPS) is 19.7. The first-order valence-corrected chi connectivity index (χ1v) is 10.3. The molecule has 3 aromatic heterocycles. The average Bonchev–Trinajstić information content (AvgIpc) is 3.05. The highest BCUT2D eigenvalue weighted by Crippen LogP contribution is 2.34. The Morgan fingerprint density at radius 1 is 1.13 bits per heavy atom. The molecule has 7 nitrogen and oxygen atoms in total. The van der Waals surface area contributed by atoms with Crippen LogP contribution in [0.2, 0.25) is 0 Å². The van der Waals surface area contributed by atoms with Crippen molar-refractivity contribution in [1.82, 2.24) is 25.1 Å². The van der Waals surface area contributed by atoms with E-state index in [0.29, 0.717) is 29.0 Å². The van der Waals surface area contributed by atoms with Crippen LogP contribution in [0.3, 0.4) is 0 Å². The predicted octanol–water partition coefficient (Wildman–Crippen LogP) is 3.38. The van der Waals surface area contributed by atoms with Gasteiger partial charge in [0.25, 0.3) is 0 Å². The first-order chi connectivity index (χ1) is 14.4. The Hall–Kier alpha value is -3.19. The number of aromatic hydroxyl groups is 1. The summed E-state index contributed by atoms with van der Waals surface area (Å²) in [6.07, 6.45) is 3.87. The van der Waals surface area contributed by atoms with E-state index in [4.69, 9.17) is 4.98 Å². The van der Waals surface area contributed by atoms with Crippen LogP contribution in [0, 0.1) is 6.92 Å². The maximum absolute atomic E-state index is 10.5. The van der Waals surface area contributed by atoms with E-state index >= 15 is 0 Å². The number of nitrogens with zero attached hydrogens (tertiary/aromatic N) is 5. The molecule has 1 fully saturated rings. The zero-order valence-electron chi connectivity index (χ0n) is 17.7. The standard InChI is InChI=1S/C23H26N6O/c1-13-10-29(11-14(2)25-13)21-9-24-23-17(15(21)3)5-6-19(26-23)18-7-16-12-28(4)27-20(16)8-22(18)30/h5-9,12-14,25,30H,10-11H2,1-4H3/t13-,14+. The maximum atomic E-state index is 10.5. The Morgan fingerprint density at radius 3 is 2.67 bits per heavy atom. The lowest BCUT2D eigenvalue weighted by molar-refractivity contribution is 0.406. The zero-order valence-corrected chi connectivity index (χ0v) is 17.7. The lowest BCUT2D eigenvalue weighted by Gasteiger charge is -2.38. The van der Waals surface area contributed by atoms with Crippen LogP contribution in [0.4, 0.5) is 5.69 Å². The molecule has 1 aliphatic rings. The van der Waals surface area contributed by atoms with E-state index in [9.17, 15) is 5.11 Å². The van der Waals surface area contributed by atoms with E-state index in [-0.39, 0.29) is 5.75 Å². The van der Waals surface area contributed by atoms with Crippen molar-refractivity contribution in [3.63, 3.8) is 0 Å². The van der Waals surface area contributed by atoms with Crippen LogP contribution in [0.5, 0.6) is 5.75 Å². The summed E-state index contributed by atoms with van der Waals surface area (Å²) in [6, 6.07) is 8.51. The molecule has 2 N–H and O–H groups in total. The van der Waals surface area contributed by atoms with Crippen molar-refractivity contribution < 1.29 is 5.11 Å². The highest BCUT2D eigenvalue weighted by molar-refractivity contribution is 5.90. The van der Waals surface area contributed by atoms with Gasteiger partial charge in [-0.1, -0.05) is 0 Å². The maximum Gasteiger partial charge on any atom is 0.160 e. The number of benzene rings is 1. The zero-order chi connectivity index (χ0) is 21.0. The first kappa shape index (κ1) is 18.8. The summed E-state index contributed by atoms with van der Waals surface area (Å²) in [4.78, 5) is 11.9. The van der Waals surface area contributed by atoms with Crippen molar-refractivity contribution in [1.29, 1.82) is 0 Å². The summed E-state index contributed by atoms with van der Waals surface area (Å²) in [5.41, 5.74) is 5.19. The molecule has 30 heavy (non-hydrogen) atoms. The van der Waals surface area contributed by atoms with Gasteiger partial charge in [-0.3, -0.25) is 4.68 Å². The molecule has 4 aromatic rings. The largest absolute Gasteiger partial charge is 0.507 e. The van der Waals surface area contributed by atoms with Crippen molar-refractivity contribution in [3.05, 3.63) is 42.2 Å². The monoisotopic (exact) mass is 402 g/mol. The number of hydrogen-bond donors (Lipinski definition) is 2. The van der Waals surface area contributed by atoms with Gasteiger partial charge in [0.05, 0.1) is 23.1 Å². The summed E-state index contributed by atoms with van der Waals surface area (Å²) in [7, 11) is 1.87. The van der Waals surface area contributed by atoms with Gasteiger partial charge in [-0.25, -0.2) is 9.97 Å². The molecular formula is C23H26N6O. The molecule has 7 heteroatoms. The number of phenolic OH excluding ortho intramolecular Hbond substituents is 1. The van der Waals surface area contributed by atoms with Crippen LogP contribution in [0.1, 0.15) is 19.4 Å². The Morgan fingerprint density at radius 2 is 1.90 bits per heavy atom. The van der Waals surface area contributed by atoms with Gasteiger partial charge in [-0.2, -0.15) is 5.10 Å². The summed E-state index contributed by atoms with van der Waals surface area (Å²) >= 11 is 0. The number of nitrogens with one attached hydrogen (secondary N) is 1. The Bertz CT molecular complexity index is 1250. The second kappa shape index (κ2) is 6.95. The summed E-state index contributed by atoms with van der Waals surface area (Å²) in [6.45, 7) is 8.49. The Kier molecular flexibility index (Phi) is 4.36. The van der Waals surface area contributed by atoms with E-state index in [2.05, 4.69) is 47.1 Å². The molecule has 0 unspecified atom stereocenters. The van der Waals surface area contributed by atoms with Gasteiger partial charge in [0.2, 0.25) is 0 Å². The molecule has 1 aliphatic heterocycles. The van der Waals surface area contributed by atoms with Crippen LogP contribution in [0.15, 0.2) is 36.7 Å². The number of hydrogen-bond acceptors (Lipinski definition) is 6. The molecule has 154 valence electrons. The van der Waals surface area contributed by atoms with E-state index in [1.165, 1.54) is 5.56 Å². The highest BCUT2D eigenvalue weighted by Gasteiger charge is 2.23. The SMILES string of the molecule is Cc1c(N2C[C@@H](C)N[C@@H](C)C2)cnc2nc(-c3cc4cn(C)nc4cc3O)ccc12. The number of phenols is 1. The number of aromatic nitrogens is 4. The molecule has 0 aliphatic carbocycles. The third-order valence-electron chi connectivity index (χ3n) is 5.88. The van der Waals surface area contributed by atoms with Gasteiger partial charge in [0.15, 0.2) is 5.65 Å². The van der Waals surface area contributed by atoms with Crippen LogP contribution >= 0.6 is 0 Å². The third-order valence-corrected chi connectivity index (χ3v) is 5.88. The van der Waals surface area contributed by atoms with Gasteiger partial charge in [-0.15, -0.1) is 0 Å². The van der Waals surface area contributed by atoms with Crippen molar-refractivity contribution in [2.45, 2.75) is 32.9 Å². The minimum absolute atomic E-state index is 0.171. The first-order valence-electron chi connectivity index (χ1n) is 10.3. The fourth-order valence-electron chi connectivity index (χ4n) is 4.58. The number of pyridine rings is 2. The van der Waals surface area contributed by atoms with Crippen molar-refractivity contribution in [3.8, 4) is 17.0 Å². The van der Waals surface area contributed by atoms with E-state index < -0.39 is 0 Å². The molecule has 1 saturated heterocycles. The highest BCUT2D eigenvalue weighted by atomic mass is 16.3. The quantitative estimate of drug-likeness (QED) is 0.535. The minimum atomic E-state index is 0.171. The lowest BCUT2D eigenvalue weighted by Crippen LogP contribution is -2.54. The predicted molar refractivity (Wildman–Crippen MR) is 120 cm³/mol. The molecular weight excluding hydrogens is 376 g/mol. The molecule has 2 atom stereocenters. The average molecular weight is 403 g/mol. The van der Waals surface area contributed by atoms with Gasteiger partial charge in [-0.05, 0) is 44.5 Å². The van der Waals surface area contributed by atoms with Crippen LogP contribution in [-0.4, -0.2) is 50.0 Å². The van der Waals surface area contributed by atoms with Gasteiger partial charge < -0.3 is 15.3 Å². The number of aryl methyl sites for hydroxylation is 2. The summed E-state index contributed by atoms with van der Waals surface area (Å²) in [5, 5.41) is 20.5. The Labute approximate surface area is 175 Å². The second-order valence-electron chi connectivity index (χ2n) is 8.44. The Balaban J connectivity index is 1.56. The number of rotatable bonds is 2. The van der Waals surface area contributed by atoms with Gasteiger partial charge in [0, 0.05) is 60.8 Å². The number of anilines is 1. The molecule has 0 radical (unpaired) electrons. The molecule has 0 saturated carbocycles. The third kappa shape index (κ3) is 3.15. The van der Waals surface area contributed by atoms with Crippen LogP contribution < -0.4 is 10.2 Å². The van der Waals surface area contributed by atoms with E-state index in [1.54, 1.807) is 10.7 Å². The summed E-state index contributed by atoms with van der Waals surface area (Å²) in [5.74, 6) is 0.171. The topological polar surface area (TPSA) is 79.1 Å². The molecule has 0 bridgehead atoms. The van der Waals surface area contributed by atoms with E-state index in [1.807, 2.05) is 31.6 Å². The van der Waals surface area contributed by atoms with Crippen molar-refractivity contribution in [2.24, 2.45) is 7.05 Å². The molecule has 0 spiro atoms. The fourth-order valence-corrected chi connectivity index (χ4v) is 4.58. The van der Waals surface area contributed by atoms with Crippen molar-refractivity contribution in [2.75, 3.05) is 18.0 Å². The molecule has 4 heterocycles. The van der Waals surface area contributed by atoms with Gasteiger partial charge >= 0.3 is 0 Å². The smallest absolute Gasteiger partial charge is 0.160 e. The minimum Gasteiger partial charge on any atom is -0.507 e. The fraction of sp³-hybridized carbons (Fsp3) is 0.348. The van der Waals surface area contributed by atoms with Crippen LogP contribution in [0.25, 0.3) is 33.2 Å².